The van der Waals surface area contributed by atoms with Crippen LogP contribution in [-0.4, -0.2) is 49.2 Å². The van der Waals surface area contributed by atoms with Gasteiger partial charge in [0, 0.05) is 26.2 Å². The second-order valence-corrected chi connectivity index (χ2v) is 6.47. The maximum Gasteiger partial charge on any atom is 0.573 e. The Labute approximate surface area is 161 Å². The van der Waals surface area contributed by atoms with Crippen LogP contribution in [0.1, 0.15) is 24.1 Å². The molecule has 1 fully saturated rings. The fourth-order valence-corrected chi connectivity index (χ4v) is 3.38. The Morgan fingerprint density at radius 3 is 2.32 bits per heavy atom. The molecule has 28 heavy (non-hydrogen) atoms. The Hall–Kier alpha value is -2.45. The highest BCUT2D eigenvalue weighted by atomic mass is 19.4. The average molecular weight is 396 g/mol. The predicted molar refractivity (Wildman–Crippen MR) is 98.7 cm³/mol. The first-order chi connectivity index (χ1) is 13.4. The summed E-state index contributed by atoms with van der Waals surface area (Å²) in [5, 5.41) is 13.3. The summed E-state index contributed by atoms with van der Waals surface area (Å²) >= 11 is 0. The first kappa shape index (κ1) is 20.3. The zero-order valence-corrected chi connectivity index (χ0v) is 15.5. The summed E-state index contributed by atoms with van der Waals surface area (Å²) in [5.74, 6) is 0.187. The molecule has 0 bridgehead atoms. The molecular weight excluding hydrogens is 373 g/mol. The summed E-state index contributed by atoms with van der Waals surface area (Å²) in [7, 11) is 0. The van der Waals surface area contributed by atoms with Crippen molar-refractivity contribution in [2.75, 3.05) is 32.8 Å². The number of hydrogen-bond donors (Lipinski definition) is 2. The van der Waals surface area contributed by atoms with E-state index in [1.54, 1.807) is 24.3 Å². The van der Waals surface area contributed by atoms with Crippen molar-refractivity contribution in [3.63, 3.8) is 0 Å². The van der Waals surface area contributed by atoms with Gasteiger partial charge in [-0.05, 0) is 42.3 Å². The second-order valence-electron chi connectivity index (χ2n) is 6.47. The predicted octanol–water partition coefficient (Wildman–Crippen LogP) is 3.68. The fourth-order valence-electron chi connectivity index (χ4n) is 3.38. The highest BCUT2D eigenvalue weighted by molar-refractivity contribution is 5.45. The van der Waals surface area contributed by atoms with E-state index in [4.69, 9.17) is 4.74 Å². The standard InChI is InChI=1S/C20H23F3N2O3/c1-2-27-18-13-15(5-8-17(18)26)19(25-11-9-24-10-12-25)14-3-6-16(7-4-14)28-20(21,22)23/h3-8,13,19,24,26H,2,9-12H2,1H3/t19-/m1/s1. The number of aromatic hydroxyl groups is 1. The van der Waals surface area contributed by atoms with E-state index in [0.29, 0.717) is 12.4 Å². The number of phenols is 1. The summed E-state index contributed by atoms with van der Waals surface area (Å²) < 4.78 is 46.8. The fraction of sp³-hybridized carbons (Fsp3) is 0.400. The van der Waals surface area contributed by atoms with Gasteiger partial charge >= 0.3 is 6.36 Å². The van der Waals surface area contributed by atoms with Gasteiger partial charge in [-0.2, -0.15) is 0 Å². The zero-order chi connectivity index (χ0) is 20.1. The van der Waals surface area contributed by atoms with Crippen LogP contribution in [0.25, 0.3) is 0 Å². The number of alkyl halides is 3. The summed E-state index contributed by atoms with van der Waals surface area (Å²) in [6.07, 6.45) is -4.72. The summed E-state index contributed by atoms with van der Waals surface area (Å²) in [5.41, 5.74) is 1.73. The smallest absolute Gasteiger partial charge is 0.504 e. The minimum Gasteiger partial charge on any atom is -0.504 e. The van der Waals surface area contributed by atoms with Crippen LogP contribution in [0.15, 0.2) is 42.5 Å². The molecule has 1 atom stereocenters. The number of piperazine rings is 1. The number of nitrogens with zero attached hydrogens (tertiary/aromatic N) is 1. The van der Waals surface area contributed by atoms with Crippen LogP contribution in [0.2, 0.25) is 0 Å². The Kier molecular flexibility index (Phi) is 6.31. The first-order valence-electron chi connectivity index (χ1n) is 9.13. The summed E-state index contributed by atoms with van der Waals surface area (Å²) in [6.45, 7) is 5.47. The van der Waals surface area contributed by atoms with Crippen LogP contribution in [0, 0.1) is 0 Å². The van der Waals surface area contributed by atoms with Gasteiger partial charge in [0.05, 0.1) is 12.6 Å². The van der Waals surface area contributed by atoms with Crippen molar-refractivity contribution in [2.24, 2.45) is 0 Å². The monoisotopic (exact) mass is 396 g/mol. The van der Waals surface area contributed by atoms with E-state index in [9.17, 15) is 18.3 Å². The number of hydrogen-bond acceptors (Lipinski definition) is 5. The number of phenolic OH excluding ortho intramolecular Hbond substituents is 1. The summed E-state index contributed by atoms with van der Waals surface area (Å²) in [4.78, 5) is 2.25. The van der Waals surface area contributed by atoms with E-state index in [-0.39, 0.29) is 17.5 Å². The molecule has 1 saturated heterocycles. The third-order valence-electron chi connectivity index (χ3n) is 4.55. The Morgan fingerprint density at radius 2 is 1.71 bits per heavy atom. The average Bonchev–Trinajstić information content (AvgIpc) is 2.66. The lowest BCUT2D eigenvalue weighted by Gasteiger charge is -2.35. The molecule has 3 rings (SSSR count). The van der Waals surface area contributed by atoms with Crippen LogP contribution >= 0.6 is 0 Å². The van der Waals surface area contributed by atoms with Gasteiger partial charge in [0.2, 0.25) is 0 Å². The van der Waals surface area contributed by atoms with Crippen LogP contribution in [-0.2, 0) is 0 Å². The maximum absolute atomic E-state index is 12.4. The Bertz CT molecular complexity index is 775. The topological polar surface area (TPSA) is 54.0 Å². The van der Waals surface area contributed by atoms with Gasteiger partial charge in [0.1, 0.15) is 5.75 Å². The summed E-state index contributed by atoms with van der Waals surface area (Å²) in [6, 6.07) is 10.9. The molecular formula is C20H23F3N2O3. The van der Waals surface area contributed by atoms with E-state index in [0.717, 1.165) is 37.3 Å². The SMILES string of the molecule is CCOc1cc([C@@H](c2ccc(OC(F)(F)F)cc2)N2CCNCC2)ccc1O. The highest BCUT2D eigenvalue weighted by Gasteiger charge is 2.31. The number of halogens is 3. The largest absolute Gasteiger partial charge is 0.573 e. The molecule has 0 unspecified atom stereocenters. The molecule has 0 amide bonds. The zero-order valence-electron chi connectivity index (χ0n) is 15.5. The van der Waals surface area contributed by atoms with Gasteiger partial charge in [-0.1, -0.05) is 18.2 Å². The molecule has 0 aliphatic carbocycles. The number of ether oxygens (including phenoxy) is 2. The molecule has 5 nitrogen and oxygen atoms in total. The Balaban J connectivity index is 1.94. The van der Waals surface area contributed by atoms with E-state index < -0.39 is 6.36 Å². The van der Waals surface area contributed by atoms with Crippen molar-refractivity contribution >= 4 is 0 Å². The van der Waals surface area contributed by atoms with Crippen molar-refractivity contribution in [3.05, 3.63) is 53.6 Å². The minimum atomic E-state index is -4.72. The van der Waals surface area contributed by atoms with Crippen molar-refractivity contribution in [2.45, 2.75) is 19.3 Å². The van der Waals surface area contributed by atoms with Crippen LogP contribution in [0.5, 0.6) is 17.2 Å². The van der Waals surface area contributed by atoms with Crippen LogP contribution in [0.4, 0.5) is 13.2 Å². The highest BCUT2D eigenvalue weighted by Crippen LogP contribution is 2.36. The minimum absolute atomic E-state index is 0.0542. The van der Waals surface area contributed by atoms with Gasteiger partial charge in [0.25, 0.3) is 0 Å². The normalized spacial score (nSPS) is 16.6. The molecule has 8 heteroatoms. The molecule has 1 aliphatic rings. The molecule has 1 aliphatic heterocycles. The molecule has 0 aromatic heterocycles. The van der Waals surface area contributed by atoms with Crippen molar-refractivity contribution in [3.8, 4) is 17.2 Å². The molecule has 2 aromatic carbocycles. The van der Waals surface area contributed by atoms with Crippen LogP contribution in [0.3, 0.4) is 0 Å². The van der Waals surface area contributed by atoms with Crippen molar-refractivity contribution in [1.29, 1.82) is 0 Å². The van der Waals surface area contributed by atoms with Crippen molar-refractivity contribution < 1.29 is 27.8 Å². The first-order valence-corrected chi connectivity index (χ1v) is 9.13. The van der Waals surface area contributed by atoms with Crippen molar-refractivity contribution in [1.82, 2.24) is 10.2 Å². The van der Waals surface area contributed by atoms with Gasteiger partial charge in [0.15, 0.2) is 11.5 Å². The van der Waals surface area contributed by atoms with Gasteiger partial charge in [-0.25, -0.2) is 0 Å². The lowest BCUT2D eigenvalue weighted by molar-refractivity contribution is -0.274. The van der Waals surface area contributed by atoms with Gasteiger partial charge in [-0.15, -0.1) is 13.2 Å². The van der Waals surface area contributed by atoms with Gasteiger partial charge < -0.3 is 19.9 Å². The third-order valence-corrected chi connectivity index (χ3v) is 4.55. The van der Waals surface area contributed by atoms with E-state index in [1.165, 1.54) is 12.1 Å². The molecule has 2 N–H and O–H groups in total. The van der Waals surface area contributed by atoms with Gasteiger partial charge in [-0.3, -0.25) is 4.90 Å². The van der Waals surface area contributed by atoms with E-state index in [1.807, 2.05) is 13.0 Å². The molecule has 1 heterocycles. The molecule has 152 valence electrons. The Morgan fingerprint density at radius 1 is 1.07 bits per heavy atom. The number of benzene rings is 2. The lowest BCUT2D eigenvalue weighted by atomic mass is 9.96. The molecule has 0 radical (unpaired) electrons. The third kappa shape index (κ3) is 5.08. The van der Waals surface area contributed by atoms with E-state index >= 15 is 0 Å². The van der Waals surface area contributed by atoms with Crippen LogP contribution < -0.4 is 14.8 Å². The quantitative estimate of drug-likeness (QED) is 0.780. The maximum atomic E-state index is 12.4. The molecule has 0 saturated carbocycles. The van der Waals surface area contributed by atoms with E-state index in [2.05, 4.69) is 15.0 Å². The number of rotatable bonds is 6. The number of nitrogens with one attached hydrogen (secondary N) is 1. The molecule has 0 spiro atoms. The lowest BCUT2D eigenvalue weighted by Crippen LogP contribution is -2.45. The molecule has 2 aromatic rings. The second kappa shape index (κ2) is 8.70.